The number of nitrogens with two attached hydrogens (primary N) is 1. The Morgan fingerprint density at radius 3 is 2.29 bits per heavy atom. The van der Waals surface area contributed by atoms with Crippen LogP contribution in [0.25, 0.3) is 0 Å². The van der Waals surface area contributed by atoms with Crippen molar-refractivity contribution in [1.82, 2.24) is 0 Å². The Kier molecular flexibility index (Phi) is 4.76. The zero-order valence-electron chi connectivity index (χ0n) is 12.9. The van der Waals surface area contributed by atoms with E-state index in [2.05, 4.69) is 31.3 Å². The van der Waals surface area contributed by atoms with Crippen LogP contribution in [-0.2, 0) is 17.8 Å². The minimum atomic E-state index is -0.00414. The van der Waals surface area contributed by atoms with Crippen LogP contribution in [0.1, 0.15) is 27.8 Å². The highest BCUT2D eigenvalue weighted by Gasteiger charge is 2.07. The van der Waals surface area contributed by atoms with Crippen molar-refractivity contribution in [1.29, 1.82) is 0 Å². The molecule has 110 valence electrons. The molecule has 3 heteroatoms. The summed E-state index contributed by atoms with van der Waals surface area (Å²) in [5, 5.41) is 2.97. The van der Waals surface area contributed by atoms with E-state index in [1.807, 2.05) is 31.2 Å². The molecule has 3 nitrogen and oxygen atoms in total. The van der Waals surface area contributed by atoms with Gasteiger partial charge in [-0.2, -0.15) is 0 Å². The first-order valence-electron chi connectivity index (χ1n) is 7.15. The Morgan fingerprint density at radius 2 is 1.62 bits per heavy atom. The van der Waals surface area contributed by atoms with Gasteiger partial charge in [-0.25, -0.2) is 0 Å². The van der Waals surface area contributed by atoms with Gasteiger partial charge in [0.1, 0.15) is 0 Å². The zero-order valence-corrected chi connectivity index (χ0v) is 12.9. The van der Waals surface area contributed by atoms with Gasteiger partial charge in [-0.1, -0.05) is 30.3 Å². The molecule has 0 unspecified atom stereocenters. The summed E-state index contributed by atoms with van der Waals surface area (Å²) in [6, 6.07) is 12.0. The highest BCUT2D eigenvalue weighted by molar-refractivity contribution is 5.93. The smallest absolute Gasteiger partial charge is 0.228 e. The molecule has 2 aromatic rings. The van der Waals surface area contributed by atoms with Crippen molar-refractivity contribution in [2.75, 3.05) is 5.32 Å². The van der Waals surface area contributed by atoms with Gasteiger partial charge in [0.15, 0.2) is 0 Å². The van der Waals surface area contributed by atoms with Crippen LogP contribution in [-0.4, -0.2) is 5.91 Å². The fraction of sp³-hybridized carbons (Fsp3) is 0.278. The summed E-state index contributed by atoms with van der Waals surface area (Å²) in [5.41, 5.74) is 12.0. The highest BCUT2D eigenvalue weighted by atomic mass is 16.1. The Labute approximate surface area is 126 Å². The Hall–Kier alpha value is -2.13. The monoisotopic (exact) mass is 282 g/mol. The Bertz CT molecular complexity index is 662. The van der Waals surface area contributed by atoms with Crippen molar-refractivity contribution in [2.45, 2.75) is 33.7 Å². The van der Waals surface area contributed by atoms with Crippen LogP contribution in [0.5, 0.6) is 0 Å². The van der Waals surface area contributed by atoms with E-state index in [1.165, 1.54) is 11.1 Å². The first-order chi connectivity index (χ1) is 9.99. The molecule has 0 saturated heterocycles. The molecule has 0 spiro atoms. The molecule has 1 amide bonds. The first kappa shape index (κ1) is 15.3. The van der Waals surface area contributed by atoms with E-state index >= 15 is 0 Å². The van der Waals surface area contributed by atoms with Crippen molar-refractivity contribution in [2.24, 2.45) is 5.73 Å². The van der Waals surface area contributed by atoms with Crippen LogP contribution in [0, 0.1) is 20.8 Å². The molecule has 0 aromatic heterocycles. The average Bonchev–Trinajstić information content (AvgIpc) is 2.45. The van der Waals surface area contributed by atoms with Crippen molar-refractivity contribution >= 4 is 11.6 Å². The maximum Gasteiger partial charge on any atom is 0.228 e. The lowest BCUT2D eigenvalue weighted by atomic mass is 10.0. The Balaban J connectivity index is 2.09. The second-order valence-electron chi connectivity index (χ2n) is 5.50. The average molecular weight is 282 g/mol. The van der Waals surface area contributed by atoms with Gasteiger partial charge in [-0.3, -0.25) is 4.79 Å². The summed E-state index contributed by atoms with van der Waals surface area (Å²) in [5.74, 6) is -0.00414. The molecule has 0 heterocycles. The number of carbonyl (C=O) groups excluding carboxylic acids is 1. The normalized spacial score (nSPS) is 10.5. The number of carbonyl (C=O) groups is 1. The van der Waals surface area contributed by atoms with Crippen molar-refractivity contribution < 1.29 is 4.79 Å². The summed E-state index contributed by atoms with van der Waals surface area (Å²) < 4.78 is 0. The molecular formula is C18H22N2O. The van der Waals surface area contributed by atoms with E-state index < -0.39 is 0 Å². The van der Waals surface area contributed by atoms with Gasteiger partial charge >= 0.3 is 0 Å². The van der Waals surface area contributed by atoms with Crippen LogP contribution in [0.15, 0.2) is 36.4 Å². The van der Waals surface area contributed by atoms with E-state index in [4.69, 9.17) is 5.73 Å². The van der Waals surface area contributed by atoms with E-state index in [0.717, 1.165) is 22.4 Å². The van der Waals surface area contributed by atoms with E-state index in [0.29, 0.717) is 13.0 Å². The van der Waals surface area contributed by atoms with Crippen LogP contribution in [0.4, 0.5) is 5.69 Å². The molecular weight excluding hydrogens is 260 g/mol. The van der Waals surface area contributed by atoms with E-state index in [-0.39, 0.29) is 5.91 Å². The second kappa shape index (κ2) is 6.55. The summed E-state index contributed by atoms with van der Waals surface area (Å²) in [6.07, 6.45) is 0.382. The molecule has 0 aliphatic heterocycles. The third-order valence-electron chi connectivity index (χ3n) is 3.75. The third kappa shape index (κ3) is 3.92. The number of anilines is 1. The molecule has 2 rings (SSSR count). The van der Waals surface area contributed by atoms with E-state index in [1.54, 1.807) is 0 Å². The molecule has 0 saturated carbocycles. The van der Waals surface area contributed by atoms with Gasteiger partial charge in [-0.05, 0) is 54.7 Å². The largest absolute Gasteiger partial charge is 0.326 e. The fourth-order valence-electron chi connectivity index (χ4n) is 2.22. The lowest BCUT2D eigenvalue weighted by molar-refractivity contribution is -0.115. The molecule has 0 fully saturated rings. The first-order valence-corrected chi connectivity index (χ1v) is 7.15. The quantitative estimate of drug-likeness (QED) is 0.904. The van der Waals surface area contributed by atoms with Crippen LogP contribution in [0.3, 0.4) is 0 Å². The van der Waals surface area contributed by atoms with Gasteiger partial charge in [0.2, 0.25) is 5.91 Å². The van der Waals surface area contributed by atoms with Gasteiger partial charge in [0.05, 0.1) is 6.42 Å². The molecule has 3 N–H and O–H groups in total. The van der Waals surface area contributed by atoms with Gasteiger partial charge in [0, 0.05) is 12.2 Å². The van der Waals surface area contributed by atoms with Crippen LogP contribution in [0.2, 0.25) is 0 Å². The van der Waals surface area contributed by atoms with Gasteiger partial charge in [-0.15, -0.1) is 0 Å². The number of amides is 1. The number of hydrogen-bond acceptors (Lipinski definition) is 2. The van der Waals surface area contributed by atoms with Crippen molar-refractivity contribution in [3.63, 3.8) is 0 Å². The van der Waals surface area contributed by atoms with Crippen molar-refractivity contribution in [3.05, 3.63) is 64.2 Å². The molecule has 0 aliphatic rings. The summed E-state index contributed by atoms with van der Waals surface area (Å²) in [6.45, 7) is 6.58. The SMILES string of the molecule is Cc1ccc(CC(=O)Nc2cc(CN)ccc2C)cc1C. The summed E-state index contributed by atoms with van der Waals surface area (Å²) >= 11 is 0. The maximum absolute atomic E-state index is 12.2. The zero-order chi connectivity index (χ0) is 15.4. The lowest BCUT2D eigenvalue weighted by Gasteiger charge is -2.11. The van der Waals surface area contributed by atoms with Gasteiger partial charge < -0.3 is 11.1 Å². The fourth-order valence-corrected chi connectivity index (χ4v) is 2.22. The minimum Gasteiger partial charge on any atom is -0.326 e. The number of nitrogens with one attached hydrogen (secondary N) is 1. The molecule has 21 heavy (non-hydrogen) atoms. The van der Waals surface area contributed by atoms with Gasteiger partial charge in [0.25, 0.3) is 0 Å². The molecule has 0 aliphatic carbocycles. The molecule has 2 aromatic carbocycles. The molecule has 0 radical (unpaired) electrons. The number of benzene rings is 2. The van der Waals surface area contributed by atoms with Crippen LogP contribution < -0.4 is 11.1 Å². The maximum atomic E-state index is 12.2. The van der Waals surface area contributed by atoms with Crippen molar-refractivity contribution in [3.8, 4) is 0 Å². The second-order valence-corrected chi connectivity index (χ2v) is 5.50. The van der Waals surface area contributed by atoms with Crippen LogP contribution >= 0.6 is 0 Å². The number of aryl methyl sites for hydroxylation is 3. The lowest BCUT2D eigenvalue weighted by Crippen LogP contribution is -2.15. The summed E-state index contributed by atoms with van der Waals surface area (Å²) in [4.78, 5) is 12.2. The standard InChI is InChI=1S/C18H22N2O/c1-12-4-6-15(8-14(12)3)10-18(21)20-17-9-16(11-19)7-5-13(17)2/h4-9H,10-11,19H2,1-3H3,(H,20,21). The Morgan fingerprint density at radius 1 is 0.952 bits per heavy atom. The summed E-state index contributed by atoms with van der Waals surface area (Å²) in [7, 11) is 0. The minimum absolute atomic E-state index is 0.00414. The topological polar surface area (TPSA) is 55.1 Å². The molecule has 0 atom stereocenters. The highest BCUT2D eigenvalue weighted by Crippen LogP contribution is 2.17. The van der Waals surface area contributed by atoms with E-state index in [9.17, 15) is 4.79 Å². The predicted octanol–water partition coefficient (Wildman–Crippen LogP) is 3.25. The predicted molar refractivity (Wildman–Crippen MR) is 87.3 cm³/mol. The number of hydrogen-bond donors (Lipinski definition) is 2. The number of rotatable bonds is 4. The molecule has 0 bridgehead atoms. The third-order valence-corrected chi connectivity index (χ3v) is 3.75.